The van der Waals surface area contributed by atoms with E-state index in [2.05, 4.69) is 131 Å². The Morgan fingerprint density at radius 2 is 1.04 bits per heavy atom. The maximum absolute atomic E-state index is 12.7. The average Bonchev–Trinajstić information content (AvgIpc) is 4.11. The number of nitrogens with zero attached hydrogens (tertiary/aromatic N) is 4. The van der Waals surface area contributed by atoms with Crippen LogP contribution in [0.4, 0.5) is 10.1 Å². The number of halogens is 3. The van der Waals surface area contributed by atoms with Gasteiger partial charge in [-0.2, -0.15) is 0 Å². The minimum Gasteiger partial charge on any atom is -0.378 e. The first-order valence-electron chi connectivity index (χ1n) is 25.3. The summed E-state index contributed by atoms with van der Waals surface area (Å²) in [6, 6.07) is 44.9. The number of nitrogens with one attached hydrogen (secondary N) is 4. The van der Waals surface area contributed by atoms with Gasteiger partial charge in [0.05, 0.1) is 49.2 Å². The second-order valence-electron chi connectivity index (χ2n) is 17.9. The number of aryl methyl sites for hydroxylation is 3. The Hall–Kier alpha value is -5.88. The highest BCUT2D eigenvalue weighted by atomic mass is 79.9. The SMILES string of the molecule is CC[C@H](Cc1ccc(S(=O)(=O)NC)cc1Br)c1ccccc1.CC[C@H](N)c1ccccc1.CC[C@H](Nc1ccc(S(=O)(=O)NC)cc1-c1cn(C)cn1)c1ccccc1.CNS(=O)(=O)c1ccc(F)c(Br)c1.Cc1cn(C)cn1. The van der Waals surface area contributed by atoms with Gasteiger partial charge in [-0.1, -0.05) is 134 Å². The van der Waals surface area contributed by atoms with E-state index >= 15 is 0 Å². The van der Waals surface area contributed by atoms with Crippen molar-refractivity contribution in [2.75, 3.05) is 26.5 Å². The Kier molecular flexibility index (Phi) is 26.4. The van der Waals surface area contributed by atoms with Crippen LogP contribution in [0.3, 0.4) is 0 Å². The van der Waals surface area contributed by atoms with E-state index < -0.39 is 35.9 Å². The monoisotopic (exact) mass is 1260 g/mol. The van der Waals surface area contributed by atoms with Gasteiger partial charge in [-0.3, -0.25) is 0 Å². The Bertz CT molecular complexity index is 3470. The molecule has 0 saturated carbocycles. The van der Waals surface area contributed by atoms with Gasteiger partial charge in [0.15, 0.2) is 0 Å². The highest BCUT2D eigenvalue weighted by Crippen LogP contribution is 2.34. The van der Waals surface area contributed by atoms with Crippen molar-refractivity contribution in [1.82, 2.24) is 33.3 Å². The Morgan fingerprint density at radius 3 is 1.46 bits per heavy atom. The molecule has 0 amide bonds. The largest absolute Gasteiger partial charge is 0.378 e. The zero-order valence-corrected chi connectivity index (χ0v) is 51.5. The van der Waals surface area contributed by atoms with Crippen molar-refractivity contribution in [2.45, 2.75) is 86.1 Å². The predicted octanol–water partition coefficient (Wildman–Crippen LogP) is 12.0. The maximum Gasteiger partial charge on any atom is 0.240 e. The Balaban J connectivity index is 0.000000230. The summed E-state index contributed by atoms with van der Waals surface area (Å²) in [6.45, 7) is 8.36. The lowest BCUT2D eigenvalue weighted by Crippen LogP contribution is -2.19. The van der Waals surface area contributed by atoms with E-state index in [4.69, 9.17) is 5.73 Å². The molecule has 0 aliphatic rings. The lowest BCUT2D eigenvalue weighted by atomic mass is 9.90. The average molecular weight is 1270 g/mol. The number of anilines is 1. The summed E-state index contributed by atoms with van der Waals surface area (Å²) in [5.74, 6) is -0.0701. The van der Waals surface area contributed by atoms with E-state index in [-0.39, 0.29) is 31.2 Å². The molecule has 0 unspecified atom stereocenters. The van der Waals surface area contributed by atoms with E-state index in [1.54, 1.807) is 43.0 Å². The molecule has 424 valence electrons. The van der Waals surface area contributed by atoms with Crippen LogP contribution in [0.5, 0.6) is 0 Å². The molecular formula is C58H72Br2FN9O6S3. The number of rotatable bonds is 17. The summed E-state index contributed by atoms with van der Waals surface area (Å²) >= 11 is 6.41. The van der Waals surface area contributed by atoms with Crippen molar-refractivity contribution in [3.8, 4) is 11.3 Å². The molecule has 2 aromatic heterocycles. The molecule has 0 fully saturated rings. The third-order valence-electron chi connectivity index (χ3n) is 12.3. The van der Waals surface area contributed by atoms with E-state index in [1.165, 1.54) is 50.0 Å². The minimum absolute atomic E-state index is 0.0308. The first kappa shape index (κ1) is 65.6. The van der Waals surface area contributed by atoms with Gasteiger partial charge in [0, 0.05) is 48.3 Å². The summed E-state index contributed by atoms with van der Waals surface area (Å²) in [7, 11) is -2.46. The topological polar surface area (TPSA) is 212 Å². The molecule has 0 bridgehead atoms. The molecule has 6 N–H and O–H groups in total. The van der Waals surface area contributed by atoms with Crippen molar-refractivity contribution in [2.24, 2.45) is 19.8 Å². The summed E-state index contributed by atoms with van der Waals surface area (Å²) in [4.78, 5) is 8.91. The standard InChI is InChI=1S/C20H24N4O2S.C17H20BrNO2S.C9H13N.C7H7BrFNO2S.C5H8N2/c1-4-18(15-8-6-5-7-9-15)23-19-11-10-16(27(25,26)21-2)12-17(19)20-13-24(3)14-22-20;1-3-13(14-7-5-4-6-8-14)11-15-9-10-16(12-17(15)18)22(20,21)19-2;1-2-9(10)8-6-4-3-5-7-8;1-10-13(11,12)5-2-3-7(9)6(8)4-5;1-5-3-7(2)4-6-5/h5-14,18,21,23H,4H2,1-3H3;4-10,12-13,19H,3,11H2,1-2H3;3-7,9H,2,10H2,1H3;2-4,10H,1H3;3-4H,1-2H3/t18-;13-;9-;;/m010../s1. The Labute approximate surface area is 484 Å². The normalized spacial score (nSPS) is 12.4. The minimum atomic E-state index is -3.54. The molecule has 79 heavy (non-hydrogen) atoms. The van der Waals surface area contributed by atoms with E-state index in [1.807, 2.05) is 91.1 Å². The molecule has 0 aliphatic carbocycles. The van der Waals surface area contributed by atoms with Crippen LogP contribution in [0.2, 0.25) is 0 Å². The zero-order valence-electron chi connectivity index (χ0n) is 45.9. The first-order chi connectivity index (χ1) is 37.5. The van der Waals surface area contributed by atoms with Crippen molar-refractivity contribution < 1.29 is 29.6 Å². The zero-order chi connectivity index (χ0) is 58.3. The summed E-state index contributed by atoms with van der Waals surface area (Å²) in [5.41, 5.74) is 14.0. The summed E-state index contributed by atoms with van der Waals surface area (Å²) in [6.07, 6.45) is 11.1. The van der Waals surface area contributed by atoms with Gasteiger partial charge < -0.3 is 20.2 Å². The molecular weight excluding hydrogens is 1190 g/mol. The maximum atomic E-state index is 12.7. The van der Waals surface area contributed by atoms with E-state index in [0.717, 1.165) is 64.4 Å². The molecule has 0 radical (unpaired) electrons. The Morgan fingerprint density at radius 1 is 0.570 bits per heavy atom. The molecule has 8 rings (SSSR count). The number of nitrogens with two attached hydrogens (primary N) is 1. The molecule has 21 heteroatoms. The number of benzene rings is 6. The van der Waals surface area contributed by atoms with Gasteiger partial charge in [0.1, 0.15) is 5.82 Å². The van der Waals surface area contributed by atoms with Gasteiger partial charge >= 0.3 is 0 Å². The van der Waals surface area contributed by atoms with Crippen molar-refractivity contribution >= 4 is 67.6 Å². The molecule has 2 heterocycles. The van der Waals surface area contributed by atoms with Crippen LogP contribution >= 0.6 is 31.9 Å². The highest BCUT2D eigenvalue weighted by molar-refractivity contribution is 9.10. The van der Waals surface area contributed by atoms with Crippen LogP contribution in [-0.2, 0) is 50.6 Å². The number of aromatic nitrogens is 4. The lowest BCUT2D eigenvalue weighted by molar-refractivity contribution is 0.585. The van der Waals surface area contributed by atoms with Crippen molar-refractivity contribution in [3.63, 3.8) is 0 Å². The number of hydrogen-bond acceptors (Lipinski definition) is 10. The molecule has 0 saturated heterocycles. The fourth-order valence-corrected chi connectivity index (χ4v) is 11.2. The van der Waals surface area contributed by atoms with Crippen LogP contribution in [0.15, 0.2) is 194 Å². The van der Waals surface area contributed by atoms with Gasteiger partial charge in [0.2, 0.25) is 30.1 Å². The lowest BCUT2D eigenvalue weighted by Gasteiger charge is -2.21. The van der Waals surface area contributed by atoms with Crippen molar-refractivity contribution in [3.05, 3.63) is 213 Å². The summed E-state index contributed by atoms with van der Waals surface area (Å²) in [5, 5.41) is 3.55. The molecule has 3 atom stereocenters. The smallest absolute Gasteiger partial charge is 0.240 e. The quantitative estimate of drug-likeness (QED) is 0.0582. The number of sulfonamides is 3. The van der Waals surface area contributed by atoms with E-state index in [0.29, 0.717) is 5.92 Å². The highest BCUT2D eigenvalue weighted by Gasteiger charge is 2.20. The molecule has 15 nitrogen and oxygen atoms in total. The molecule has 8 aromatic rings. The fraction of sp³-hybridized carbons (Fsp3) is 0.276. The second kappa shape index (κ2) is 31.8. The molecule has 6 aromatic carbocycles. The van der Waals surface area contributed by atoms with Gasteiger partial charge in [-0.25, -0.2) is 53.8 Å². The second-order valence-corrected chi connectivity index (χ2v) is 25.3. The third-order valence-corrected chi connectivity index (χ3v) is 17.9. The third kappa shape index (κ3) is 20.3. The van der Waals surface area contributed by atoms with Crippen LogP contribution in [0.25, 0.3) is 11.3 Å². The molecule has 0 spiro atoms. The van der Waals surface area contributed by atoms with Crippen LogP contribution < -0.4 is 25.2 Å². The predicted molar refractivity (Wildman–Crippen MR) is 324 cm³/mol. The van der Waals surface area contributed by atoms with Crippen LogP contribution in [0, 0.1) is 12.7 Å². The first-order valence-corrected chi connectivity index (χ1v) is 31.3. The van der Waals surface area contributed by atoms with Crippen LogP contribution in [-0.4, -0.2) is 65.5 Å². The fourth-order valence-electron chi connectivity index (χ4n) is 7.70. The summed E-state index contributed by atoms with van der Waals surface area (Å²) < 4.78 is 94.9. The molecule has 0 aliphatic heterocycles. The van der Waals surface area contributed by atoms with Gasteiger partial charge in [-0.15, -0.1) is 0 Å². The van der Waals surface area contributed by atoms with E-state index in [9.17, 15) is 29.6 Å². The number of hydrogen-bond donors (Lipinski definition) is 5. The number of imidazole rings is 2. The van der Waals surface area contributed by atoms with Gasteiger partial charge in [-0.05, 0) is 146 Å². The van der Waals surface area contributed by atoms with Crippen LogP contribution in [0.1, 0.15) is 86.0 Å². The van der Waals surface area contributed by atoms with Crippen molar-refractivity contribution in [1.29, 1.82) is 0 Å². The van der Waals surface area contributed by atoms with Gasteiger partial charge in [0.25, 0.3) is 0 Å².